The predicted molar refractivity (Wildman–Crippen MR) is 131 cm³/mol. The number of hydrogen-bond donors (Lipinski definition) is 2. The molecule has 0 aromatic heterocycles. The highest BCUT2D eigenvalue weighted by Gasteiger charge is 2.20. The second-order valence-electron chi connectivity index (χ2n) is 8.76. The largest absolute Gasteiger partial charge is 0.370 e. The Labute approximate surface area is 192 Å². The molecular weight excluding hydrogens is 416 g/mol. The van der Waals surface area contributed by atoms with Crippen molar-refractivity contribution in [2.75, 3.05) is 25.6 Å². The van der Waals surface area contributed by atoms with E-state index in [4.69, 9.17) is 4.74 Å². The summed E-state index contributed by atoms with van der Waals surface area (Å²) in [6.07, 6.45) is 4.85. The molecule has 0 saturated carbocycles. The number of ether oxygens (including phenoxy) is 1. The van der Waals surface area contributed by atoms with Gasteiger partial charge in [-0.25, -0.2) is 0 Å². The molecule has 174 valence electrons. The van der Waals surface area contributed by atoms with Gasteiger partial charge in [0.1, 0.15) is 5.94 Å². The van der Waals surface area contributed by atoms with E-state index < -0.39 is 0 Å². The molecule has 0 radical (unpaired) electrons. The second-order valence-corrected chi connectivity index (χ2v) is 11.7. The molecule has 2 amide bonds. The number of unbranched alkanes of at least 4 members (excludes halogenated alkanes) is 1. The van der Waals surface area contributed by atoms with Crippen molar-refractivity contribution in [1.82, 2.24) is 10.6 Å². The first-order valence-corrected chi connectivity index (χ1v) is 13.3. The van der Waals surface area contributed by atoms with E-state index in [-0.39, 0.29) is 16.6 Å². The Hall–Kier alpha value is -0.840. The molecule has 0 aliphatic heterocycles. The highest BCUT2D eigenvalue weighted by Crippen LogP contribution is 2.35. The third kappa shape index (κ3) is 20.4. The molecule has 7 heteroatoms. The fourth-order valence-corrected chi connectivity index (χ4v) is 4.52. The highest BCUT2D eigenvalue weighted by atomic mass is 33.1. The maximum absolute atomic E-state index is 11.9. The fraction of sp³-hybridized carbons (Fsp3) is 0.826. The Kier molecular flexibility index (Phi) is 17.3. The first-order chi connectivity index (χ1) is 14.1. The van der Waals surface area contributed by atoms with Crippen molar-refractivity contribution in [3.8, 4) is 11.8 Å². The second kappa shape index (κ2) is 17.8. The van der Waals surface area contributed by atoms with Gasteiger partial charge < -0.3 is 15.4 Å². The molecule has 0 aromatic rings. The van der Waals surface area contributed by atoms with Crippen LogP contribution < -0.4 is 10.6 Å². The van der Waals surface area contributed by atoms with Crippen LogP contribution in [0.2, 0.25) is 0 Å². The van der Waals surface area contributed by atoms with Gasteiger partial charge in [-0.05, 0) is 39.0 Å². The molecule has 5 nitrogen and oxygen atoms in total. The lowest BCUT2D eigenvalue weighted by molar-refractivity contribution is -0.122. The van der Waals surface area contributed by atoms with Gasteiger partial charge in [0.25, 0.3) is 0 Å². The molecule has 0 spiro atoms. The van der Waals surface area contributed by atoms with Gasteiger partial charge in [-0.15, -0.1) is 0 Å². The Balaban J connectivity index is 3.62. The Morgan fingerprint density at radius 1 is 1.00 bits per heavy atom. The van der Waals surface area contributed by atoms with E-state index in [2.05, 4.69) is 50.2 Å². The molecule has 30 heavy (non-hydrogen) atoms. The standard InChI is InChI=1S/C23H42N2O3S2/c1-19(2)11-9-14-22(27)25-17-23(5,6)30-29-18-28-16-8-7-13-21(26)24-15-10-12-20(3)4/h19-20H,7-9,11,13-18H2,1-6H3,(H,24,26)(H,25,27). The van der Waals surface area contributed by atoms with Crippen LogP contribution in [0.4, 0.5) is 0 Å². The first-order valence-electron chi connectivity index (χ1n) is 11.0. The minimum atomic E-state index is -0.0434. The maximum Gasteiger partial charge on any atom is 0.220 e. The van der Waals surface area contributed by atoms with E-state index in [1.54, 1.807) is 21.6 Å². The van der Waals surface area contributed by atoms with Gasteiger partial charge in [0, 0.05) is 36.7 Å². The zero-order valence-corrected chi connectivity index (χ0v) is 21.4. The quantitative estimate of drug-likeness (QED) is 0.147. The van der Waals surface area contributed by atoms with Gasteiger partial charge in [-0.1, -0.05) is 67.5 Å². The number of carbonyl (C=O) groups is 2. The maximum atomic E-state index is 11.9. The van der Waals surface area contributed by atoms with Crippen molar-refractivity contribution in [1.29, 1.82) is 0 Å². The molecule has 2 N–H and O–H groups in total. The molecule has 0 rings (SSSR count). The number of nitrogens with one attached hydrogen (secondary N) is 2. The highest BCUT2D eigenvalue weighted by molar-refractivity contribution is 8.77. The normalized spacial score (nSPS) is 11.3. The van der Waals surface area contributed by atoms with Crippen LogP contribution in [-0.4, -0.2) is 42.2 Å². The Morgan fingerprint density at radius 3 is 2.33 bits per heavy atom. The number of amides is 2. The van der Waals surface area contributed by atoms with Gasteiger partial charge in [0.2, 0.25) is 11.8 Å². The van der Waals surface area contributed by atoms with Crippen LogP contribution in [-0.2, 0) is 14.3 Å². The van der Waals surface area contributed by atoms with E-state index in [1.807, 2.05) is 13.8 Å². The molecule has 0 atom stereocenters. The van der Waals surface area contributed by atoms with E-state index in [9.17, 15) is 9.59 Å². The minimum Gasteiger partial charge on any atom is -0.370 e. The average molecular weight is 459 g/mol. The van der Waals surface area contributed by atoms with E-state index >= 15 is 0 Å². The molecule has 0 aliphatic carbocycles. The molecule has 0 saturated heterocycles. The van der Waals surface area contributed by atoms with Crippen LogP contribution in [0.25, 0.3) is 0 Å². The van der Waals surface area contributed by atoms with Crippen LogP contribution in [0.1, 0.15) is 80.1 Å². The van der Waals surface area contributed by atoms with Crippen molar-refractivity contribution >= 4 is 33.4 Å². The van der Waals surface area contributed by atoms with E-state index in [1.165, 1.54) is 0 Å². The SMILES string of the molecule is CC(C)C#CCNC(=O)CCCCOCSSC(C)(C)CNC(=O)CCCC(C)C. The molecular formula is C23H42N2O3S2. The van der Waals surface area contributed by atoms with Crippen LogP contribution >= 0.6 is 21.6 Å². The van der Waals surface area contributed by atoms with Crippen LogP contribution in [0.3, 0.4) is 0 Å². The van der Waals surface area contributed by atoms with Gasteiger partial charge in [-0.2, -0.15) is 0 Å². The predicted octanol–water partition coefficient (Wildman–Crippen LogP) is 5.01. The summed E-state index contributed by atoms with van der Waals surface area (Å²) < 4.78 is 5.59. The van der Waals surface area contributed by atoms with Gasteiger partial charge >= 0.3 is 0 Å². The zero-order valence-electron chi connectivity index (χ0n) is 19.8. The summed E-state index contributed by atoms with van der Waals surface area (Å²) in [5, 5.41) is 5.85. The number of carbonyl (C=O) groups excluding carboxylic acids is 2. The smallest absolute Gasteiger partial charge is 0.220 e. The topological polar surface area (TPSA) is 67.4 Å². The van der Waals surface area contributed by atoms with Crippen molar-refractivity contribution < 1.29 is 14.3 Å². The van der Waals surface area contributed by atoms with Crippen molar-refractivity contribution in [2.24, 2.45) is 11.8 Å². The molecule has 0 aliphatic rings. The lowest BCUT2D eigenvalue weighted by Crippen LogP contribution is -2.35. The minimum absolute atomic E-state index is 0.0434. The number of hydrogen-bond acceptors (Lipinski definition) is 5. The van der Waals surface area contributed by atoms with Crippen molar-refractivity contribution in [2.45, 2.75) is 84.8 Å². The van der Waals surface area contributed by atoms with Crippen LogP contribution in [0, 0.1) is 23.7 Å². The average Bonchev–Trinajstić information content (AvgIpc) is 2.65. The van der Waals surface area contributed by atoms with Crippen molar-refractivity contribution in [3.63, 3.8) is 0 Å². The molecule has 0 unspecified atom stereocenters. The van der Waals surface area contributed by atoms with Crippen LogP contribution in [0.5, 0.6) is 0 Å². The Morgan fingerprint density at radius 2 is 1.67 bits per heavy atom. The summed E-state index contributed by atoms with van der Waals surface area (Å²) in [4.78, 5) is 23.6. The summed E-state index contributed by atoms with van der Waals surface area (Å²) in [6.45, 7) is 14.4. The zero-order chi connectivity index (χ0) is 22.8. The summed E-state index contributed by atoms with van der Waals surface area (Å²) >= 11 is 0. The molecule has 0 fully saturated rings. The number of rotatable bonds is 16. The van der Waals surface area contributed by atoms with Crippen LogP contribution in [0.15, 0.2) is 0 Å². The van der Waals surface area contributed by atoms with Gasteiger partial charge in [0.15, 0.2) is 0 Å². The Bertz CT molecular complexity index is 540. The third-order valence-corrected chi connectivity index (χ3v) is 6.99. The van der Waals surface area contributed by atoms with Crippen molar-refractivity contribution in [3.05, 3.63) is 0 Å². The molecule has 0 heterocycles. The monoisotopic (exact) mass is 458 g/mol. The van der Waals surface area contributed by atoms with Gasteiger partial charge in [0.05, 0.1) is 6.54 Å². The van der Waals surface area contributed by atoms with Gasteiger partial charge in [-0.3, -0.25) is 9.59 Å². The summed E-state index contributed by atoms with van der Waals surface area (Å²) in [7, 11) is 3.39. The molecule has 0 aromatic carbocycles. The van der Waals surface area contributed by atoms with E-state index in [0.717, 1.165) is 25.7 Å². The summed E-state index contributed by atoms with van der Waals surface area (Å²) in [6, 6.07) is 0. The first kappa shape index (κ1) is 29.2. The summed E-state index contributed by atoms with van der Waals surface area (Å²) in [5.74, 6) is 7.74. The lowest BCUT2D eigenvalue weighted by Gasteiger charge is -2.23. The summed E-state index contributed by atoms with van der Waals surface area (Å²) in [5.41, 5.74) is 0. The lowest BCUT2D eigenvalue weighted by atomic mass is 10.1. The third-order valence-electron chi connectivity index (χ3n) is 4.02. The molecule has 0 bridgehead atoms. The fourth-order valence-electron chi connectivity index (χ4n) is 2.35. The van der Waals surface area contributed by atoms with E-state index in [0.29, 0.717) is 50.3 Å².